The van der Waals surface area contributed by atoms with Crippen LogP contribution in [0.25, 0.3) is 0 Å². The minimum atomic E-state index is -0.471. The van der Waals surface area contributed by atoms with E-state index in [2.05, 4.69) is 132 Å². The van der Waals surface area contributed by atoms with Crippen LogP contribution in [0, 0.1) is 0 Å². The van der Waals surface area contributed by atoms with E-state index >= 15 is 0 Å². The van der Waals surface area contributed by atoms with Gasteiger partial charge in [0.2, 0.25) is 0 Å². The second-order valence-corrected chi connectivity index (χ2v) is 24.4. The largest absolute Gasteiger partial charge is 0.481 e. The van der Waals surface area contributed by atoms with Gasteiger partial charge >= 0.3 is 23.9 Å². The van der Waals surface area contributed by atoms with E-state index in [9.17, 15) is 19.2 Å². The standard InChI is InChI=1S/C64H88O12/c1-61(2,3)49-29-41-21-17-23-43-31-50(62(4,5)6)33-45(58(43)74-38-54(66)70-14)25-19-27-47-35-52(64(10,11)12)36-48(60(47)76-40-56(68)72-16)28-20-26-46-34-51(63(7,8)9)32-44(59(46)75-39-55(67)71-15)24-18-22-42(30-49)57(41)73-37-53(65)69-13/h29-36H,17-28,37-40H2,1-16H3. The van der Waals surface area contributed by atoms with Crippen molar-refractivity contribution in [1.29, 1.82) is 0 Å². The van der Waals surface area contributed by atoms with Crippen LogP contribution < -0.4 is 18.9 Å². The van der Waals surface area contributed by atoms with Crippen molar-refractivity contribution < 1.29 is 57.1 Å². The van der Waals surface area contributed by atoms with Crippen LogP contribution >= 0.6 is 0 Å². The summed E-state index contributed by atoms with van der Waals surface area (Å²) >= 11 is 0. The average molecular weight is 1050 g/mol. The molecule has 0 spiro atoms. The zero-order valence-corrected chi connectivity index (χ0v) is 48.8. The molecule has 0 fully saturated rings. The van der Waals surface area contributed by atoms with Crippen LogP contribution in [0.4, 0.5) is 0 Å². The fourth-order valence-corrected chi connectivity index (χ4v) is 9.61. The quantitative estimate of drug-likeness (QED) is 0.0984. The number of ether oxygens (including phenoxy) is 8. The van der Waals surface area contributed by atoms with E-state index < -0.39 is 23.9 Å². The van der Waals surface area contributed by atoms with Gasteiger partial charge in [-0.1, -0.05) is 132 Å². The minimum absolute atomic E-state index is 0.203. The molecule has 0 saturated carbocycles. The molecule has 416 valence electrons. The maximum absolute atomic E-state index is 12.8. The summed E-state index contributed by atoms with van der Waals surface area (Å²) in [6, 6.07) is 17.7. The molecule has 76 heavy (non-hydrogen) atoms. The molecule has 1 aliphatic rings. The Balaban J connectivity index is 1.77. The average Bonchev–Trinajstić information content (AvgIpc) is 3.34. The topological polar surface area (TPSA) is 142 Å². The summed E-state index contributed by atoms with van der Waals surface area (Å²) in [5, 5.41) is 0. The summed E-state index contributed by atoms with van der Waals surface area (Å²) in [5.74, 6) is 0.831. The van der Waals surface area contributed by atoms with Crippen LogP contribution in [-0.2, 0) is 111 Å². The number of rotatable bonds is 12. The highest BCUT2D eigenvalue weighted by molar-refractivity contribution is 5.72. The fraction of sp³-hybridized carbons (Fsp3) is 0.562. The van der Waals surface area contributed by atoms with Gasteiger partial charge in [0, 0.05) is 0 Å². The van der Waals surface area contributed by atoms with Gasteiger partial charge in [-0.05, 0) is 165 Å². The highest BCUT2D eigenvalue weighted by Gasteiger charge is 2.27. The number of esters is 4. The normalized spacial score (nSPS) is 14.1. The molecule has 0 radical (unpaired) electrons. The van der Waals surface area contributed by atoms with Gasteiger partial charge in [0.15, 0.2) is 26.4 Å². The highest BCUT2D eigenvalue weighted by Crippen LogP contribution is 2.40. The number of methoxy groups -OCH3 is 4. The summed E-state index contributed by atoms with van der Waals surface area (Å²) in [7, 11) is 5.45. The number of fused-ring (bicyclic) bond motifs is 8. The molecule has 4 aromatic rings. The Labute approximate surface area is 454 Å². The fourth-order valence-electron chi connectivity index (χ4n) is 9.61. The second-order valence-electron chi connectivity index (χ2n) is 24.4. The summed E-state index contributed by atoms with van der Waals surface area (Å²) in [5.41, 5.74) is 11.7. The first-order chi connectivity index (χ1) is 35.7. The number of hydrogen-bond donors (Lipinski definition) is 0. The molecule has 0 aliphatic heterocycles. The molecule has 0 atom stereocenters. The molecule has 0 saturated heterocycles. The van der Waals surface area contributed by atoms with Gasteiger partial charge in [-0.15, -0.1) is 0 Å². The molecule has 8 bridgehead atoms. The van der Waals surface area contributed by atoms with Gasteiger partial charge < -0.3 is 37.9 Å². The lowest BCUT2D eigenvalue weighted by atomic mass is 9.81. The van der Waals surface area contributed by atoms with Gasteiger partial charge in [-0.2, -0.15) is 0 Å². The van der Waals surface area contributed by atoms with Crippen LogP contribution in [0.3, 0.4) is 0 Å². The van der Waals surface area contributed by atoms with Crippen molar-refractivity contribution in [2.75, 3.05) is 54.9 Å². The number of hydrogen-bond acceptors (Lipinski definition) is 12. The van der Waals surface area contributed by atoms with Crippen molar-refractivity contribution in [3.63, 3.8) is 0 Å². The third kappa shape index (κ3) is 17.0. The Morgan fingerprint density at radius 2 is 0.447 bits per heavy atom. The van der Waals surface area contributed by atoms with E-state index in [0.717, 1.165) is 66.8 Å². The van der Waals surface area contributed by atoms with Crippen LogP contribution in [-0.4, -0.2) is 78.7 Å². The Hall–Kier alpha value is -6.04. The van der Waals surface area contributed by atoms with Crippen molar-refractivity contribution in [2.45, 2.75) is 182 Å². The van der Waals surface area contributed by atoms with Crippen LogP contribution in [0.2, 0.25) is 0 Å². The van der Waals surface area contributed by atoms with E-state index in [0.29, 0.717) is 100 Å². The van der Waals surface area contributed by atoms with Crippen molar-refractivity contribution in [3.8, 4) is 23.0 Å². The van der Waals surface area contributed by atoms with Gasteiger partial charge in [-0.25, -0.2) is 19.2 Å². The van der Waals surface area contributed by atoms with Gasteiger partial charge in [0.05, 0.1) is 28.4 Å². The molecule has 4 aromatic carbocycles. The molecule has 0 N–H and O–H groups in total. The van der Waals surface area contributed by atoms with Gasteiger partial charge in [-0.3, -0.25) is 0 Å². The van der Waals surface area contributed by atoms with E-state index in [1.165, 1.54) is 28.4 Å². The van der Waals surface area contributed by atoms with Crippen LogP contribution in [0.5, 0.6) is 23.0 Å². The predicted octanol–water partition coefficient (Wildman–Crippen LogP) is 12.1. The second kappa shape index (κ2) is 26.3. The maximum Gasteiger partial charge on any atom is 0.343 e. The highest BCUT2D eigenvalue weighted by atomic mass is 16.6. The molecular weight excluding hydrogens is 961 g/mol. The van der Waals surface area contributed by atoms with Crippen molar-refractivity contribution >= 4 is 23.9 Å². The summed E-state index contributed by atoms with van der Waals surface area (Å²) < 4.78 is 46.3. The van der Waals surface area contributed by atoms with E-state index in [1.807, 2.05) is 0 Å². The number of carbonyl (C=O) groups excluding carboxylic acids is 4. The molecule has 0 aromatic heterocycles. The van der Waals surface area contributed by atoms with E-state index in [4.69, 9.17) is 37.9 Å². The minimum Gasteiger partial charge on any atom is -0.481 e. The van der Waals surface area contributed by atoms with Gasteiger partial charge in [0.1, 0.15) is 23.0 Å². The lowest BCUT2D eigenvalue weighted by Gasteiger charge is -2.26. The monoisotopic (exact) mass is 1050 g/mol. The van der Waals surface area contributed by atoms with Crippen LogP contribution in [0.1, 0.15) is 176 Å². The van der Waals surface area contributed by atoms with Crippen molar-refractivity contribution in [2.24, 2.45) is 0 Å². The molecule has 1 aliphatic carbocycles. The zero-order chi connectivity index (χ0) is 56.2. The van der Waals surface area contributed by atoms with Crippen molar-refractivity contribution in [3.05, 3.63) is 115 Å². The molecule has 12 heteroatoms. The molecule has 0 heterocycles. The number of benzene rings is 4. The number of aryl methyl sites for hydroxylation is 8. The Kier molecular flexibility index (Phi) is 21.1. The predicted molar refractivity (Wildman–Crippen MR) is 299 cm³/mol. The third-order valence-electron chi connectivity index (χ3n) is 14.3. The first kappa shape index (κ1) is 60.8. The number of carbonyl (C=O) groups is 4. The Morgan fingerprint density at radius 1 is 0.303 bits per heavy atom. The molecule has 12 nitrogen and oxygen atoms in total. The third-order valence-corrected chi connectivity index (χ3v) is 14.3. The smallest absolute Gasteiger partial charge is 0.343 e. The van der Waals surface area contributed by atoms with Gasteiger partial charge in [0.25, 0.3) is 0 Å². The molecule has 5 rings (SSSR count). The summed E-state index contributed by atoms with van der Waals surface area (Å²) in [6.45, 7) is 25.5. The Morgan fingerprint density at radius 3 is 0.566 bits per heavy atom. The van der Waals surface area contributed by atoms with Crippen LogP contribution in [0.15, 0.2) is 48.5 Å². The summed E-state index contributed by atoms with van der Waals surface area (Å²) in [4.78, 5) is 51.0. The van der Waals surface area contributed by atoms with Crippen molar-refractivity contribution in [1.82, 2.24) is 0 Å². The van der Waals surface area contributed by atoms with E-state index in [-0.39, 0.29) is 48.1 Å². The summed E-state index contributed by atoms with van der Waals surface area (Å²) in [6.07, 6.45) is 7.83. The lowest BCUT2D eigenvalue weighted by Crippen LogP contribution is -2.18. The SMILES string of the molecule is COC(=O)COc1c2cc(C(C)(C)C)cc1CCCc1cc(C(C)(C)C)cc(c1OCC(=O)OC)CCCc1cc(C(C)(C)C)cc(c1OCC(=O)OC)CCCc1cc(C(C)(C)C)cc(c1OCC(=O)OC)CCC2. The Bertz CT molecular complexity index is 2200. The molecule has 0 unspecified atom stereocenters. The molecular formula is C64H88O12. The first-order valence-electron chi connectivity index (χ1n) is 27.1. The maximum atomic E-state index is 12.8. The first-order valence-corrected chi connectivity index (χ1v) is 27.1. The lowest BCUT2D eigenvalue weighted by molar-refractivity contribution is -0.143. The van der Waals surface area contributed by atoms with E-state index in [1.54, 1.807) is 0 Å². The molecule has 0 amide bonds. The zero-order valence-electron chi connectivity index (χ0n) is 48.8.